The van der Waals surface area contributed by atoms with Crippen LogP contribution in [0.15, 0.2) is 0 Å². The normalized spacial score (nSPS) is 23.1. The first-order valence-electron chi connectivity index (χ1n) is 7.95. The van der Waals surface area contributed by atoms with Gasteiger partial charge in [-0.1, -0.05) is 6.92 Å². The van der Waals surface area contributed by atoms with Gasteiger partial charge >= 0.3 is 0 Å². The van der Waals surface area contributed by atoms with Crippen LogP contribution in [0.4, 0.5) is 0 Å². The van der Waals surface area contributed by atoms with E-state index in [1.54, 1.807) is 0 Å². The second-order valence-corrected chi connectivity index (χ2v) is 6.12. The zero-order valence-corrected chi connectivity index (χ0v) is 13.0. The molecule has 2 fully saturated rings. The van der Waals surface area contributed by atoms with Gasteiger partial charge < -0.3 is 15.0 Å². The van der Waals surface area contributed by atoms with Gasteiger partial charge in [-0.2, -0.15) is 0 Å². The number of nitrogens with zero attached hydrogens (tertiary/aromatic N) is 2. The molecule has 2 saturated heterocycles. The van der Waals surface area contributed by atoms with Crippen LogP contribution in [0.3, 0.4) is 0 Å². The molecule has 116 valence electrons. The van der Waals surface area contributed by atoms with Gasteiger partial charge in [-0.25, -0.2) is 0 Å². The summed E-state index contributed by atoms with van der Waals surface area (Å²) in [5, 5.41) is 3.43. The Morgan fingerprint density at radius 1 is 1.30 bits per heavy atom. The summed E-state index contributed by atoms with van der Waals surface area (Å²) in [6, 6.07) is 0. The van der Waals surface area contributed by atoms with Crippen LogP contribution in [0.25, 0.3) is 0 Å². The van der Waals surface area contributed by atoms with Gasteiger partial charge in [0.05, 0.1) is 6.54 Å². The molecule has 2 rings (SSSR count). The standard InChI is InChI=1S/C15H29N3O2/c1-3-9-17(2)13-14(19)18-10-8-16-7-4-15(18)5-11-20-12-6-15/h16H,3-13H2,1-2H3. The quantitative estimate of drug-likeness (QED) is 0.825. The van der Waals surface area contributed by atoms with Crippen molar-refractivity contribution in [3.8, 4) is 0 Å². The molecule has 2 heterocycles. The molecule has 0 radical (unpaired) electrons. The van der Waals surface area contributed by atoms with Crippen molar-refractivity contribution in [3.05, 3.63) is 0 Å². The molecule has 1 spiro atoms. The summed E-state index contributed by atoms with van der Waals surface area (Å²) in [5.74, 6) is 0.284. The van der Waals surface area contributed by atoms with Crippen molar-refractivity contribution in [2.45, 2.75) is 38.1 Å². The summed E-state index contributed by atoms with van der Waals surface area (Å²) in [7, 11) is 2.04. The molecular formula is C15H29N3O2. The summed E-state index contributed by atoms with van der Waals surface area (Å²) in [6.45, 7) is 7.99. The summed E-state index contributed by atoms with van der Waals surface area (Å²) < 4.78 is 5.52. The third kappa shape index (κ3) is 3.71. The lowest BCUT2D eigenvalue weighted by Gasteiger charge is -2.45. The lowest BCUT2D eigenvalue weighted by molar-refractivity contribution is -0.142. The number of rotatable bonds is 4. The average molecular weight is 283 g/mol. The first kappa shape index (κ1) is 15.7. The van der Waals surface area contributed by atoms with Crippen molar-refractivity contribution in [2.75, 3.05) is 53.0 Å². The maximum Gasteiger partial charge on any atom is 0.237 e. The van der Waals surface area contributed by atoms with E-state index in [0.29, 0.717) is 6.54 Å². The van der Waals surface area contributed by atoms with Gasteiger partial charge in [-0.05, 0) is 45.8 Å². The minimum Gasteiger partial charge on any atom is -0.381 e. The fraction of sp³-hybridized carbons (Fsp3) is 0.933. The van der Waals surface area contributed by atoms with Crippen LogP contribution in [-0.2, 0) is 9.53 Å². The van der Waals surface area contributed by atoms with Crippen molar-refractivity contribution < 1.29 is 9.53 Å². The minimum absolute atomic E-state index is 0.0336. The molecule has 2 aliphatic heterocycles. The third-order valence-corrected chi connectivity index (χ3v) is 4.59. The van der Waals surface area contributed by atoms with Crippen LogP contribution < -0.4 is 5.32 Å². The van der Waals surface area contributed by atoms with Crippen LogP contribution in [0.1, 0.15) is 32.6 Å². The molecule has 0 atom stereocenters. The second-order valence-electron chi connectivity index (χ2n) is 6.12. The largest absolute Gasteiger partial charge is 0.381 e. The number of nitrogens with one attached hydrogen (secondary N) is 1. The van der Waals surface area contributed by atoms with Gasteiger partial charge in [0.1, 0.15) is 0 Å². The topological polar surface area (TPSA) is 44.8 Å². The smallest absolute Gasteiger partial charge is 0.237 e. The summed E-state index contributed by atoms with van der Waals surface area (Å²) in [4.78, 5) is 17.0. The predicted octanol–water partition coefficient (Wildman–Crippen LogP) is 0.699. The molecule has 0 bridgehead atoms. The Kier molecular flexibility index (Phi) is 5.81. The molecule has 1 N–H and O–H groups in total. The molecule has 20 heavy (non-hydrogen) atoms. The first-order chi connectivity index (χ1) is 9.68. The van der Waals surface area contributed by atoms with E-state index in [-0.39, 0.29) is 11.4 Å². The second kappa shape index (κ2) is 7.38. The fourth-order valence-electron chi connectivity index (χ4n) is 3.45. The SMILES string of the molecule is CCCN(C)CC(=O)N1CCNCCC12CCOCC2. The van der Waals surface area contributed by atoms with E-state index in [4.69, 9.17) is 4.74 Å². The number of carbonyl (C=O) groups is 1. The summed E-state index contributed by atoms with van der Waals surface area (Å²) in [6.07, 6.45) is 4.11. The average Bonchev–Trinajstić information content (AvgIpc) is 2.62. The Labute approximate surface area is 122 Å². The van der Waals surface area contributed by atoms with Crippen molar-refractivity contribution in [1.82, 2.24) is 15.1 Å². The van der Waals surface area contributed by atoms with E-state index in [0.717, 1.165) is 65.1 Å². The van der Waals surface area contributed by atoms with E-state index < -0.39 is 0 Å². The number of likely N-dealkylation sites (N-methyl/N-ethyl adjacent to an activating group) is 1. The number of amides is 1. The van der Waals surface area contributed by atoms with E-state index >= 15 is 0 Å². The van der Waals surface area contributed by atoms with Crippen molar-refractivity contribution in [3.63, 3.8) is 0 Å². The zero-order valence-electron chi connectivity index (χ0n) is 13.0. The van der Waals surface area contributed by atoms with Gasteiger partial charge in [-0.3, -0.25) is 9.69 Å². The van der Waals surface area contributed by atoms with Crippen molar-refractivity contribution in [1.29, 1.82) is 0 Å². The predicted molar refractivity (Wildman–Crippen MR) is 79.8 cm³/mol. The van der Waals surface area contributed by atoms with E-state index in [1.165, 1.54) is 0 Å². The summed E-state index contributed by atoms with van der Waals surface area (Å²) >= 11 is 0. The number of hydrogen-bond donors (Lipinski definition) is 1. The van der Waals surface area contributed by atoms with Crippen LogP contribution in [-0.4, -0.2) is 74.2 Å². The number of hydrogen-bond acceptors (Lipinski definition) is 4. The van der Waals surface area contributed by atoms with E-state index in [9.17, 15) is 4.79 Å². The van der Waals surface area contributed by atoms with Crippen LogP contribution in [0.5, 0.6) is 0 Å². The Morgan fingerprint density at radius 3 is 2.75 bits per heavy atom. The third-order valence-electron chi connectivity index (χ3n) is 4.59. The zero-order chi connectivity index (χ0) is 14.4. The first-order valence-corrected chi connectivity index (χ1v) is 7.95. The van der Waals surface area contributed by atoms with Gasteiger partial charge in [0.2, 0.25) is 5.91 Å². The van der Waals surface area contributed by atoms with Crippen LogP contribution in [0, 0.1) is 0 Å². The minimum atomic E-state index is 0.0336. The molecule has 1 amide bonds. The van der Waals surface area contributed by atoms with Crippen LogP contribution >= 0.6 is 0 Å². The van der Waals surface area contributed by atoms with E-state index in [1.807, 2.05) is 7.05 Å². The maximum atomic E-state index is 12.7. The lowest BCUT2D eigenvalue weighted by atomic mass is 9.84. The summed E-state index contributed by atoms with van der Waals surface area (Å²) in [5.41, 5.74) is 0.0336. The Bertz CT molecular complexity index is 316. The molecule has 0 aromatic carbocycles. The molecule has 5 heteroatoms. The Morgan fingerprint density at radius 2 is 2.05 bits per heavy atom. The molecule has 0 aliphatic carbocycles. The van der Waals surface area contributed by atoms with Gasteiger partial charge in [0.25, 0.3) is 0 Å². The Hall–Kier alpha value is -0.650. The Balaban J connectivity index is 2.05. The molecule has 0 unspecified atom stereocenters. The highest BCUT2D eigenvalue weighted by atomic mass is 16.5. The molecule has 0 aromatic heterocycles. The highest BCUT2D eigenvalue weighted by Gasteiger charge is 2.41. The monoisotopic (exact) mass is 283 g/mol. The lowest BCUT2D eigenvalue weighted by Crippen LogP contribution is -2.56. The number of carbonyl (C=O) groups excluding carboxylic acids is 1. The van der Waals surface area contributed by atoms with Gasteiger partial charge in [0.15, 0.2) is 0 Å². The van der Waals surface area contributed by atoms with Gasteiger partial charge in [-0.15, -0.1) is 0 Å². The fourth-order valence-corrected chi connectivity index (χ4v) is 3.45. The number of ether oxygens (including phenoxy) is 1. The molecular weight excluding hydrogens is 254 g/mol. The molecule has 0 saturated carbocycles. The molecule has 5 nitrogen and oxygen atoms in total. The highest BCUT2D eigenvalue weighted by molar-refractivity contribution is 5.79. The van der Waals surface area contributed by atoms with Crippen molar-refractivity contribution >= 4 is 5.91 Å². The van der Waals surface area contributed by atoms with Crippen LogP contribution in [0.2, 0.25) is 0 Å². The maximum absolute atomic E-state index is 12.7. The van der Waals surface area contributed by atoms with Crippen molar-refractivity contribution in [2.24, 2.45) is 0 Å². The van der Waals surface area contributed by atoms with E-state index in [2.05, 4.69) is 22.0 Å². The highest BCUT2D eigenvalue weighted by Crippen LogP contribution is 2.32. The molecule has 0 aromatic rings. The molecule has 2 aliphatic rings. The van der Waals surface area contributed by atoms with Gasteiger partial charge in [0, 0.05) is 31.8 Å².